The van der Waals surface area contributed by atoms with E-state index < -0.39 is 28.9 Å². The van der Waals surface area contributed by atoms with Gasteiger partial charge in [-0.15, -0.1) is 16.5 Å². The first-order valence-electron chi connectivity index (χ1n) is 4.37. The maximum Gasteiger partial charge on any atom is 0.467 e. The summed E-state index contributed by atoms with van der Waals surface area (Å²) in [5.41, 5.74) is 0. The van der Waals surface area contributed by atoms with E-state index in [1.54, 1.807) is 0 Å². The van der Waals surface area contributed by atoms with E-state index in [1.807, 2.05) is 0 Å². The zero-order valence-electron chi connectivity index (χ0n) is 7.82. The molecule has 1 rings (SSSR count). The Hall–Kier alpha value is -0.430. The molecule has 0 aliphatic heterocycles. The molecular weight excluding hydrogens is 260 g/mol. The van der Waals surface area contributed by atoms with Crippen molar-refractivity contribution in [3.8, 4) is 0 Å². The Morgan fingerprint density at radius 3 is 1.94 bits per heavy atom. The lowest BCUT2D eigenvalue weighted by Gasteiger charge is -2.36. The molecule has 1 aliphatic rings. The number of nitrogens with zero attached hydrogens (tertiary/aromatic N) is 1. The van der Waals surface area contributed by atoms with E-state index in [0.717, 1.165) is 6.08 Å². The summed E-state index contributed by atoms with van der Waals surface area (Å²) in [6, 6.07) is -1.89. The molecule has 2 atom stereocenters. The highest BCUT2D eigenvalue weighted by Gasteiger charge is 2.58. The van der Waals surface area contributed by atoms with Gasteiger partial charge in [-0.05, 0) is 12.8 Å². The van der Waals surface area contributed by atoms with Crippen LogP contribution in [-0.2, 0) is 0 Å². The molecule has 0 aromatic carbocycles. The summed E-state index contributed by atoms with van der Waals surface area (Å²) in [4.78, 5) is -1.46. The predicted molar refractivity (Wildman–Crippen MR) is 45.8 cm³/mol. The van der Waals surface area contributed by atoms with E-state index in [1.165, 1.54) is 6.08 Å². The largest absolute Gasteiger partial charge is 0.467 e. The summed E-state index contributed by atoms with van der Waals surface area (Å²) < 4.78 is 73.7. The van der Waals surface area contributed by atoms with Crippen LogP contribution in [0.2, 0.25) is 0 Å². The maximum absolute atomic E-state index is 12.3. The standard InChI is InChI=1S/C8H8ClF6N/c9-5-3-1-2-4-6(5)16(7(10,11)12)8(13,14)15/h2,4-6H,1,3H2/t5-,6-/m1/s1. The molecule has 0 aromatic rings. The monoisotopic (exact) mass is 267 g/mol. The van der Waals surface area contributed by atoms with Crippen molar-refractivity contribution in [2.75, 3.05) is 0 Å². The third kappa shape index (κ3) is 3.04. The summed E-state index contributed by atoms with van der Waals surface area (Å²) in [6.07, 6.45) is -8.38. The van der Waals surface area contributed by atoms with Gasteiger partial charge in [0, 0.05) is 0 Å². The van der Waals surface area contributed by atoms with Crippen molar-refractivity contribution in [2.24, 2.45) is 0 Å². The minimum atomic E-state index is -5.49. The Kier molecular flexibility index (Phi) is 3.79. The van der Waals surface area contributed by atoms with Crippen LogP contribution in [0.3, 0.4) is 0 Å². The SMILES string of the molecule is FC(F)(F)N([C@@H]1C=CCC[C@H]1Cl)C(F)(F)F. The Morgan fingerprint density at radius 2 is 1.56 bits per heavy atom. The first-order valence-corrected chi connectivity index (χ1v) is 4.81. The van der Waals surface area contributed by atoms with Gasteiger partial charge < -0.3 is 0 Å². The molecule has 94 valence electrons. The molecule has 8 heteroatoms. The topological polar surface area (TPSA) is 3.24 Å². The van der Waals surface area contributed by atoms with E-state index in [9.17, 15) is 26.3 Å². The summed E-state index contributed by atoms with van der Waals surface area (Å²) in [5.74, 6) is 0. The molecule has 0 radical (unpaired) electrons. The van der Waals surface area contributed by atoms with Crippen molar-refractivity contribution in [3.63, 3.8) is 0 Å². The highest BCUT2D eigenvalue weighted by Crippen LogP contribution is 2.39. The number of allylic oxidation sites excluding steroid dienone is 1. The molecule has 0 heterocycles. The van der Waals surface area contributed by atoms with Crippen LogP contribution >= 0.6 is 11.6 Å². The Bertz CT molecular complexity index is 257. The molecule has 0 spiro atoms. The van der Waals surface area contributed by atoms with Gasteiger partial charge in [0.05, 0.1) is 11.4 Å². The minimum absolute atomic E-state index is 0.0887. The zero-order chi connectivity index (χ0) is 12.6. The minimum Gasteiger partial charge on any atom is -0.155 e. The van der Waals surface area contributed by atoms with Crippen molar-refractivity contribution in [1.29, 1.82) is 0 Å². The molecule has 0 unspecified atom stereocenters. The van der Waals surface area contributed by atoms with Gasteiger partial charge >= 0.3 is 12.6 Å². The Morgan fingerprint density at radius 1 is 1.06 bits per heavy atom. The number of alkyl halides is 7. The number of halogens is 7. The molecule has 0 saturated heterocycles. The van der Waals surface area contributed by atoms with Gasteiger partial charge in [0.2, 0.25) is 0 Å². The van der Waals surface area contributed by atoms with Gasteiger partial charge in [-0.2, -0.15) is 26.3 Å². The molecule has 0 amide bonds. The molecule has 0 fully saturated rings. The summed E-state index contributed by atoms with van der Waals surface area (Å²) in [6.45, 7) is 0. The van der Waals surface area contributed by atoms with Crippen molar-refractivity contribution >= 4 is 11.6 Å². The fourth-order valence-electron chi connectivity index (χ4n) is 1.51. The fraction of sp³-hybridized carbons (Fsp3) is 0.750. The van der Waals surface area contributed by atoms with Gasteiger partial charge in [0.15, 0.2) is 0 Å². The molecule has 0 N–H and O–H groups in total. The van der Waals surface area contributed by atoms with Gasteiger partial charge in [-0.1, -0.05) is 12.2 Å². The van der Waals surface area contributed by atoms with E-state index in [4.69, 9.17) is 11.6 Å². The van der Waals surface area contributed by atoms with Crippen LogP contribution in [0.4, 0.5) is 26.3 Å². The summed E-state index contributed by atoms with van der Waals surface area (Å²) in [7, 11) is 0. The number of hydrogen-bond acceptors (Lipinski definition) is 1. The second-order valence-corrected chi connectivity index (χ2v) is 3.88. The maximum atomic E-state index is 12.3. The van der Waals surface area contributed by atoms with Crippen molar-refractivity contribution in [3.05, 3.63) is 12.2 Å². The van der Waals surface area contributed by atoms with Gasteiger partial charge in [-0.25, -0.2) is 0 Å². The van der Waals surface area contributed by atoms with Crippen molar-refractivity contribution in [2.45, 2.75) is 36.9 Å². The predicted octanol–water partition coefficient (Wildman–Crippen LogP) is 3.65. The third-order valence-corrected chi connectivity index (χ3v) is 2.63. The smallest absolute Gasteiger partial charge is 0.155 e. The van der Waals surface area contributed by atoms with Crippen LogP contribution < -0.4 is 0 Å². The average molecular weight is 268 g/mol. The van der Waals surface area contributed by atoms with Gasteiger partial charge in [-0.3, -0.25) is 0 Å². The molecule has 0 bridgehead atoms. The Labute approximate surface area is 92.7 Å². The molecule has 1 aliphatic carbocycles. The number of rotatable bonds is 1. The van der Waals surface area contributed by atoms with Gasteiger partial charge in [0.25, 0.3) is 0 Å². The van der Waals surface area contributed by atoms with Crippen LogP contribution in [0.15, 0.2) is 12.2 Å². The molecule has 1 nitrogen and oxygen atoms in total. The van der Waals surface area contributed by atoms with Crippen LogP contribution in [-0.4, -0.2) is 28.9 Å². The molecular formula is C8H8ClF6N. The number of hydrogen-bond donors (Lipinski definition) is 0. The van der Waals surface area contributed by atoms with E-state index in [2.05, 4.69) is 0 Å². The summed E-state index contributed by atoms with van der Waals surface area (Å²) in [5, 5.41) is -1.20. The lowest BCUT2D eigenvalue weighted by Crippen LogP contribution is -2.56. The highest BCUT2D eigenvalue weighted by molar-refractivity contribution is 6.21. The summed E-state index contributed by atoms with van der Waals surface area (Å²) >= 11 is 5.50. The lowest BCUT2D eigenvalue weighted by molar-refractivity contribution is -0.381. The second-order valence-electron chi connectivity index (χ2n) is 3.32. The van der Waals surface area contributed by atoms with Crippen LogP contribution in [0, 0.1) is 0 Å². The van der Waals surface area contributed by atoms with Crippen LogP contribution in [0.1, 0.15) is 12.8 Å². The second kappa shape index (κ2) is 4.44. The van der Waals surface area contributed by atoms with E-state index in [-0.39, 0.29) is 6.42 Å². The van der Waals surface area contributed by atoms with E-state index in [0.29, 0.717) is 6.42 Å². The highest BCUT2D eigenvalue weighted by atomic mass is 35.5. The normalized spacial score (nSPS) is 27.5. The van der Waals surface area contributed by atoms with Crippen molar-refractivity contribution < 1.29 is 26.3 Å². The molecule has 0 aromatic heterocycles. The lowest BCUT2D eigenvalue weighted by atomic mass is 10.0. The van der Waals surface area contributed by atoms with Crippen molar-refractivity contribution in [1.82, 2.24) is 4.90 Å². The third-order valence-electron chi connectivity index (χ3n) is 2.16. The fourth-order valence-corrected chi connectivity index (χ4v) is 1.83. The zero-order valence-corrected chi connectivity index (χ0v) is 8.57. The average Bonchev–Trinajstić information content (AvgIpc) is 2.03. The Balaban J connectivity index is 3.02. The first-order chi connectivity index (χ1) is 7.14. The van der Waals surface area contributed by atoms with E-state index >= 15 is 0 Å². The van der Waals surface area contributed by atoms with Crippen LogP contribution in [0.5, 0.6) is 0 Å². The molecule has 16 heavy (non-hydrogen) atoms. The van der Waals surface area contributed by atoms with Crippen LogP contribution in [0.25, 0.3) is 0 Å². The quantitative estimate of drug-likeness (QED) is 0.303. The van der Waals surface area contributed by atoms with Gasteiger partial charge in [0.1, 0.15) is 0 Å². The first kappa shape index (κ1) is 13.6. The molecule has 0 saturated carbocycles.